The number of anilines is 1. The van der Waals surface area contributed by atoms with Crippen LogP contribution in [-0.4, -0.2) is 16.2 Å². The number of nitrogens with one attached hydrogen (secondary N) is 1. The number of rotatable bonds is 1. The molecule has 2 N–H and O–H groups in total. The largest absolute Gasteiger partial charge is 0.465 e. The minimum Gasteiger partial charge on any atom is -0.465 e. The minimum absolute atomic E-state index is 0.238. The van der Waals surface area contributed by atoms with Crippen LogP contribution in [0.3, 0.4) is 0 Å². The van der Waals surface area contributed by atoms with Crippen LogP contribution in [0.1, 0.15) is 0 Å². The van der Waals surface area contributed by atoms with Gasteiger partial charge in [0.25, 0.3) is 0 Å². The second-order valence-corrected chi connectivity index (χ2v) is 3.16. The lowest BCUT2D eigenvalue weighted by Gasteiger charge is -2.02. The van der Waals surface area contributed by atoms with Gasteiger partial charge in [0, 0.05) is 12.3 Å². The van der Waals surface area contributed by atoms with Crippen LogP contribution in [0.25, 0.3) is 0 Å². The Morgan fingerprint density at radius 3 is 3.00 bits per heavy atom. The molecule has 1 aromatic rings. The number of amides is 1. The molecular weight excluding hydrogens is 247 g/mol. The molecule has 1 aromatic heterocycles. The standard InChI is InChI=1S/C6H4BrClN2O2/c7-3-2-9-5(8)1-4(3)10-6(11)12/h1-2H,(H,9,10)(H,11,12). The smallest absolute Gasteiger partial charge is 0.409 e. The fourth-order valence-corrected chi connectivity index (χ4v) is 1.10. The van der Waals surface area contributed by atoms with Crippen molar-refractivity contribution in [2.45, 2.75) is 0 Å². The van der Waals surface area contributed by atoms with Crippen molar-refractivity contribution in [2.24, 2.45) is 0 Å². The van der Waals surface area contributed by atoms with Gasteiger partial charge in [0.15, 0.2) is 0 Å². The van der Waals surface area contributed by atoms with Crippen molar-refractivity contribution in [1.82, 2.24) is 4.98 Å². The molecular formula is C6H4BrClN2O2. The summed E-state index contributed by atoms with van der Waals surface area (Å²) in [6.07, 6.45) is 0.283. The van der Waals surface area contributed by atoms with Crippen LogP contribution in [0.15, 0.2) is 16.7 Å². The van der Waals surface area contributed by atoms with Crippen molar-refractivity contribution < 1.29 is 9.90 Å². The normalized spacial score (nSPS) is 9.50. The van der Waals surface area contributed by atoms with E-state index in [9.17, 15) is 4.79 Å². The summed E-state index contributed by atoms with van der Waals surface area (Å²) in [5, 5.41) is 10.8. The molecule has 0 unspecified atom stereocenters. The number of hydrogen-bond acceptors (Lipinski definition) is 2. The molecule has 0 fully saturated rings. The Balaban J connectivity index is 2.97. The number of carboxylic acid groups (broad SMARTS) is 1. The van der Waals surface area contributed by atoms with Crippen LogP contribution in [0.5, 0.6) is 0 Å². The Hall–Kier alpha value is -0.810. The van der Waals surface area contributed by atoms with Crippen LogP contribution < -0.4 is 5.32 Å². The lowest BCUT2D eigenvalue weighted by Crippen LogP contribution is -2.07. The highest BCUT2D eigenvalue weighted by Crippen LogP contribution is 2.23. The predicted molar refractivity (Wildman–Crippen MR) is 48.6 cm³/mol. The van der Waals surface area contributed by atoms with Gasteiger partial charge >= 0.3 is 6.09 Å². The molecule has 4 nitrogen and oxygen atoms in total. The SMILES string of the molecule is O=C(O)Nc1cc(Cl)ncc1Br. The lowest BCUT2D eigenvalue weighted by atomic mass is 10.4. The van der Waals surface area contributed by atoms with Crippen LogP contribution in [-0.2, 0) is 0 Å². The van der Waals surface area contributed by atoms with Gasteiger partial charge in [0.2, 0.25) is 0 Å². The van der Waals surface area contributed by atoms with Crippen LogP contribution in [0.2, 0.25) is 5.15 Å². The fourth-order valence-electron chi connectivity index (χ4n) is 0.624. The molecule has 0 saturated carbocycles. The first-order chi connectivity index (χ1) is 5.59. The number of nitrogens with zero attached hydrogens (tertiary/aromatic N) is 1. The third kappa shape index (κ3) is 2.35. The Bertz CT molecular complexity index is 318. The molecule has 0 bridgehead atoms. The quantitative estimate of drug-likeness (QED) is 0.754. The van der Waals surface area contributed by atoms with E-state index in [2.05, 4.69) is 26.2 Å². The molecule has 0 spiro atoms. The van der Waals surface area contributed by atoms with E-state index in [0.717, 1.165) is 0 Å². The van der Waals surface area contributed by atoms with Gasteiger partial charge in [-0.25, -0.2) is 9.78 Å². The second kappa shape index (κ2) is 3.73. The zero-order valence-corrected chi connectivity index (χ0v) is 8.06. The minimum atomic E-state index is -1.14. The van der Waals surface area contributed by atoms with Gasteiger partial charge in [-0.05, 0) is 15.9 Å². The first-order valence-electron chi connectivity index (χ1n) is 2.90. The van der Waals surface area contributed by atoms with Gasteiger partial charge in [-0.2, -0.15) is 0 Å². The molecule has 1 heterocycles. The summed E-state index contributed by atoms with van der Waals surface area (Å²) in [4.78, 5) is 14.0. The summed E-state index contributed by atoms with van der Waals surface area (Å²) < 4.78 is 0.550. The van der Waals surface area contributed by atoms with Crippen molar-refractivity contribution in [2.75, 3.05) is 5.32 Å². The average molecular weight is 251 g/mol. The van der Waals surface area contributed by atoms with E-state index in [4.69, 9.17) is 16.7 Å². The summed E-state index contributed by atoms with van der Waals surface area (Å²) in [5.41, 5.74) is 0.377. The van der Waals surface area contributed by atoms with Crippen molar-refractivity contribution in [3.8, 4) is 0 Å². The zero-order valence-electron chi connectivity index (χ0n) is 5.71. The van der Waals surface area contributed by atoms with E-state index in [1.807, 2.05) is 0 Å². The number of aromatic nitrogens is 1. The third-order valence-electron chi connectivity index (χ3n) is 1.06. The maximum Gasteiger partial charge on any atom is 0.409 e. The molecule has 12 heavy (non-hydrogen) atoms. The molecule has 1 amide bonds. The molecule has 0 saturated heterocycles. The van der Waals surface area contributed by atoms with E-state index >= 15 is 0 Å². The monoisotopic (exact) mass is 250 g/mol. The Kier molecular flexibility index (Phi) is 2.88. The van der Waals surface area contributed by atoms with E-state index < -0.39 is 6.09 Å². The molecule has 0 aliphatic carbocycles. The van der Waals surface area contributed by atoms with Gasteiger partial charge in [0.05, 0.1) is 10.2 Å². The highest BCUT2D eigenvalue weighted by atomic mass is 79.9. The maximum atomic E-state index is 10.2. The number of carbonyl (C=O) groups is 1. The predicted octanol–water partition coefficient (Wildman–Crippen LogP) is 2.59. The first-order valence-corrected chi connectivity index (χ1v) is 4.07. The third-order valence-corrected chi connectivity index (χ3v) is 1.90. The Morgan fingerprint density at radius 1 is 1.75 bits per heavy atom. The van der Waals surface area contributed by atoms with Crippen molar-refractivity contribution in [1.29, 1.82) is 0 Å². The lowest BCUT2D eigenvalue weighted by molar-refractivity contribution is 0.209. The Morgan fingerprint density at radius 2 is 2.42 bits per heavy atom. The molecule has 0 aromatic carbocycles. The molecule has 0 atom stereocenters. The Labute approximate surface area is 81.7 Å². The number of pyridine rings is 1. The van der Waals surface area contributed by atoms with Gasteiger partial charge in [-0.1, -0.05) is 11.6 Å². The average Bonchev–Trinajstić information content (AvgIpc) is 1.96. The van der Waals surface area contributed by atoms with Gasteiger partial charge in [-0.15, -0.1) is 0 Å². The van der Waals surface area contributed by atoms with Crippen LogP contribution >= 0.6 is 27.5 Å². The number of hydrogen-bond donors (Lipinski definition) is 2. The molecule has 6 heteroatoms. The van der Waals surface area contributed by atoms with Crippen LogP contribution in [0, 0.1) is 0 Å². The molecule has 1 rings (SSSR count). The van der Waals surface area contributed by atoms with Gasteiger partial charge in [0.1, 0.15) is 5.15 Å². The topological polar surface area (TPSA) is 62.2 Å². The molecule has 0 aliphatic heterocycles. The number of halogens is 2. The highest BCUT2D eigenvalue weighted by Gasteiger charge is 2.03. The maximum absolute atomic E-state index is 10.2. The highest BCUT2D eigenvalue weighted by molar-refractivity contribution is 9.10. The van der Waals surface area contributed by atoms with Crippen molar-refractivity contribution in [3.63, 3.8) is 0 Å². The zero-order chi connectivity index (χ0) is 9.14. The fraction of sp³-hybridized carbons (Fsp3) is 0. The first kappa shape index (κ1) is 9.28. The summed E-state index contributed by atoms with van der Waals surface area (Å²) in [5.74, 6) is 0. The van der Waals surface area contributed by atoms with E-state index in [0.29, 0.717) is 10.2 Å². The van der Waals surface area contributed by atoms with Gasteiger partial charge in [-0.3, -0.25) is 5.32 Å². The second-order valence-electron chi connectivity index (χ2n) is 1.92. The van der Waals surface area contributed by atoms with Crippen LogP contribution in [0.4, 0.5) is 10.5 Å². The summed E-state index contributed by atoms with van der Waals surface area (Å²) in [7, 11) is 0. The van der Waals surface area contributed by atoms with Crippen molar-refractivity contribution >= 4 is 39.3 Å². The van der Waals surface area contributed by atoms with Gasteiger partial charge < -0.3 is 5.11 Å². The summed E-state index contributed by atoms with van der Waals surface area (Å²) >= 11 is 8.65. The summed E-state index contributed by atoms with van der Waals surface area (Å²) in [6.45, 7) is 0. The summed E-state index contributed by atoms with van der Waals surface area (Å²) in [6, 6.07) is 1.42. The van der Waals surface area contributed by atoms with E-state index in [-0.39, 0.29) is 5.15 Å². The van der Waals surface area contributed by atoms with E-state index in [1.54, 1.807) is 0 Å². The molecule has 0 aliphatic rings. The molecule has 64 valence electrons. The van der Waals surface area contributed by atoms with Crippen molar-refractivity contribution in [3.05, 3.63) is 21.9 Å². The molecule has 0 radical (unpaired) electrons. The van der Waals surface area contributed by atoms with E-state index in [1.165, 1.54) is 12.3 Å².